The molecule has 0 amide bonds. The van der Waals surface area contributed by atoms with Crippen LogP contribution in [0.25, 0.3) is 10.7 Å². The first kappa shape index (κ1) is 12.7. The number of ether oxygens (including phenoxy) is 1. The Labute approximate surface area is 108 Å². The number of nitrogens with zero attached hydrogens (tertiary/aromatic N) is 2. The summed E-state index contributed by atoms with van der Waals surface area (Å²) in [5.41, 5.74) is 1.99. The molecule has 0 spiro atoms. The van der Waals surface area contributed by atoms with Crippen molar-refractivity contribution in [2.75, 3.05) is 7.11 Å². The molecule has 94 valence electrons. The van der Waals surface area contributed by atoms with E-state index in [0.29, 0.717) is 16.4 Å². The zero-order valence-electron chi connectivity index (χ0n) is 10.0. The molecule has 5 nitrogen and oxygen atoms in total. The van der Waals surface area contributed by atoms with Gasteiger partial charge in [-0.2, -0.15) is 0 Å². The molecule has 0 aromatic carbocycles. The van der Waals surface area contributed by atoms with E-state index < -0.39 is 5.97 Å². The zero-order chi connectivity index (χ0) is 13.1. The van der Waals surface area contributed by atoms with E-state index in [9.17, 15) is 4.79 Å². The molecule has 0 unspecified atom stereocenters. The molecule has 1 N–H and O–H groups in total. The van der Waals surface area contributed by atoms with Crippen molar-refractivity contribution in [3.63, 3.8) is 0 Å². The predicted octanol–water partition coefficient (Wildman–Crippen LogP) is 2.36. The lowest BCUT2D eigenvalue weighted by Crippen LogP contribution is -1.99. The second-order valence-corrected chi connectivity index (χ2v) is 4.70. The molecular formula is C12H12N2O3S. The highest BCUT2D eigenvalue weighted by Gasteiger charge is 2.18. The van der Waals surface area contributed by atoms with Crippen LogP contribution < -0.4 is 0 Å². The molecule has 0 radical (unpaired) electrons. The van der Waals surface area contributed by atoms with Crippen LogP contribution in [-0.2, 0) is 11.3 Å². The second-order valence-electron chi connectivity index (χ2n) is 3.70. The van der Waals surface area contributed by atoms with Gasteiger partial charge in [-0.1, -0.05) is 6.07 Å². The molecule has 0 saturated heterocycles. The van der Waals surface area contributed by atoms with E-state index in [1.54, 1.807) is 0 Å². The summed E-state index contributed by atoms with van der Waals surface area (Å²) in [6, 6.07) is 5.56. The summed E-state index contributed by atoms with van der Waals surface area (Å²) in [5.74, 6) is -0.988. The number of hydrogen-bond acceptors (Lipinski definition) is 5. The van der Waals surface area contributed by atoms with Crippen LogP contribution in [-0.4, -0.2) is 28.2 Å². The lowest BCUT2D eigenvalue weighted by molar-refractivity contribution is 0.0697. The van der Waals surface area contributed by atoms with Crippen molar-refractivity contribution in [2.24, 2.45) is 0 Å². The highest BCUT2D eigenvalue weighted by atomic mass is 32.1. The third-order valence-corrected chi connectivity index (χ3v) is 3.39. The van der Waals surface area contributed by atoms with E-state index in [4.69, 9.17) is 9.84 Å². The van der Waals surface area contributed by atoms with E-state index in [-0.39, 0.29) is 11.5 Å². The summed E-state index contributed by atoms with van der Waals surface area (Å²) in [4.78, 5) is 19.9. The number of hydrogen-bond donors (Lipinski definition) is 1. The van der Waals surface area contributed by atoms with Gasteiger partial charge in [-0.3, -0.25) is 4.98 Å². The Bertz CT molecular complexity index is 580. The van der Waals surface area contributed by atoms with E-state index in [2.05, 4.69) is 9.97 Å². The number of rotatable bonds is 4. The van der Waals surface area contributed by atoms with Crippen LogP contribution in [0.5, 0.6) is 0 Å². The molecule has 2 rings (SSSR count). The Hall–Kier alpha value is -1.79. The van der Waals surface area contributed by atoms with Crippen molar-refractivity contribution < 1.29 is 14.6 Å². The third-order valence-electron chi connectivity index (χ3n) is 2.28. The molecule has 0 aliphatic heterocycles. The van der Waals surface area contributed by atoms with Crippen LogP contribution in [0, 0.1) is 6.92 Å². The largest absolute Gasteiger partial charge is 0.477 e. The number of carboxylic acids is 1. The number of methoxy groups -OCH3 is 1. The van der Waals surface area contributed by atoms with Crippen LogP contribution in [0.2, 0.25) is 0 Å². The molecule has 2 aromatic rings. The van der Waals surface area contributed by atoms with Crippen molar-refractivity contribution in [3.8, 4) is 10.7 Å². The van der Waals surface area contributed by atoms with Crippen LogP contribution in [0.15, 0.2) is 18.2 Å². The molecule has 6 heteroatoms. The minimum absolute atomic E-state index is 0.184. The lowest BCUT2D eigenvalue weighted by atomic mass is 10.3. The van der Waals surface area contributed by atoms with E-state index in [0.717, 1.165) is 17.0 Å². The smallest absolute Gasteiger partial charge is 0.347 e. The van der Waals surface area contributed by atoms with Gasteiger partial charge in [-0.05, 0) is 19.1 Å². The van der Waals surface area contributed by atoms with Crippen molar-refractivity contribution in [2.45, 2.75) is 13.5 Å². The minimum atomic E-state index is -0.988. The summed E-state index contributed by atoms with van der Waals surface area (Å²) in [5, 5.41) is 9.70. The highest BCUT2D eigenvalue weighted by molar-refractivity contribution is 7.17. The average molecular weight is 264 g/mol. The summed E-state index contributed by atoms with van der Waals surface area (Å²) in [7, 11) is 1.51. The van der Waals surface area contributed by atoms with E-state index >= 15 is 0 Å². The van der Waals surface area contributed by atoms with Gasteiger partial charge < -0.3 is 9.84 Å². The number of thiazole rings is 1. The van der Waals surface area contributed by atoms with Crippen LogP contribution in [0.4, 0.5) is 0 Å². The Balaban J connectivity index is 2.46. The fourth-order valence-electron chi connectivity index (χ4n) is 1.53. The van der Waals surface area contributed by atoms with Gasteiger partial charge in [-0.25, -0.2) is 9.78 Å². The first-order valence-corrected chi connectivity index (χ1v) is 6.09. The number of pyridine rings is 1. The van der Waals surface area contributed by atoms with Crippen molar-refractivity contribution in [1.29, 1.82) is 0 Å². The molecule has 18 heavy (non-hydrogen) atoms. The molecule has 0 bridgehead atoms. The van der Waals surface area contributed by atoms with Crippen LogP contribution in [0.3, 0.4) is 0 Å². The number of aryl methyl sites for hydroxylation is 1. The number of carbonyl (C=O) groups is 1. The highest BCUT2D eigenvalue weighted by Crippen LogP contribution is 2.27. The molecule has 0 saturated carbocycles. The zero-order valence-corrected chi connectivity index (χ0v) is 10.8. The van der Waals surface area contributed by atoms with Crippen LogP contribution in [0.1, 0.15) is 21.1 Å². The third kappa shape index (κ3) is 2.55. The lowest BCUT2D eigenvalue weighted by Gasteiger charge is -1.96. The van der Waals surface area contributed by atoms with Crippen LogP contribution >= 0.6 is 11.3 Å². The second kappa shape index (κ2) is 5.24. The number of aromatic nitrogens is 2. The summed E-state index contributed by atoms with van der Waals surface area (Å²) in [6.45, 7) is 2.06. The van der Waals surface area contributed by atoms with Gasteiger partial charge >= 0.3 is 5.97 Å². The summed E-state index contributed by atoms with van der Waals surface area (Å²) in [6.07, 6.45) is 0. The fraction of sp³-hybridized carbons (Fsp3) is 0.250. The first-order valence-electron chi connectivity index (χ1n) is 5.27. The van der Waals surface area contributed by atoms with Gasteiger partial charge in [-0.15, -0.1) is 11.3 Å². The Morgan fingerprint density at radius 1 is 1.44 bits per heavy atom. The topological polar surface area (TPSA) is 72.3 Å². The van der Waals surface area contributed by atoms with E-state index in [1.165, 1.54) is 7.11 Å². The minimum Gasteiger partial charge on any atom is -0.477 e. The van der Waals surface area contributed by atoms with E-state index in [1.807, 2.05) is 25.1 Å². The monoisotopic (exact) mass is 264 g/mol. The SMILES string of the molecule is COCc1nc(-c2cccc(C)n2)sc1C(=O)O. The maximum Gasteiger partial charge on any atom is 0.347 e. The molecule has 2 heterocycles. The molecular weight excluding hydrogens is 252 g/mol. The van der Waals surface area contributed by atoms with Gasteiger partial charge in [0.15, 0.2) is 0 Å². The number of carboxylic acid groups (broad SMARTS) is 1. The average Bonchev–Trinajstić information content (AvgIpc) is 2.74. The van der Waals surface area contributed by atoms with Gasteiger partial charge in [0.25, 0.3) is 0 Å². The molecule has 0 fully saturated rings. The first-order chi connectivity index (χ1) is 8.61. The number of aromatic carboxylic acids is 1. The predicted molar refractivity (Wildman–Crippen MR) is 67.8 cm³/mol. The van der Waals surface area contributed by atoms with Gasteiger partial charge in [0.05, 0.1) is 18.0 Å². The van der Waals surface area contributed by atoms with Crippen molar-refractivity contribution in [3.05, 3.63) is 34.5 Å². The Morgan fingerprint density at radius 3 is 2.83 bits per heavy atom. The fourth-order valence-corrected chi connectivity index (χ4v) is 2.40. The molecule has 0 aliphatic carbocycles. The standard InChI is InChI=1S/C12H12N2O3S/c1-7-4-3-5-8(13-7)11-14-9(6-17-2)10(18-11)12(15)16/h3-5H,6H2,1-2H3,(H,15,16). The normalized spacial score (nSPS) is 10.6. The summed E-state index contributed by atoms with van der Waals surface area (Å²) >= 11 is 1.12. The maximum atomic E-state index is 11.1. The van der Waals surface area contributed by atoms with Gasteiger partial charge in [0.1, 0.15) is 9.88 Å². The quantitative estimate of drug-likeness (QED) is 0.917. The maximum absolute atomic E-state index is 11.1. The Kier molecular flexibility index (Phi) is 3.69. The van der Waals surface area contributed by atoms with Gasteiger partial charge in [0, 0.05) is 12.8 Å². The van der Waals surface area contributed by atoms with Crippen molar-refractivity contribution in [1.82, 2.24) is 9.97 Å². The summed E-state index contributed by atoms with van der Waals surface area (Å²) < 4.78 is 4.95. The van der Waals surface area contributed by atoms with Gasteiger partial charge in [0.2, 0.25) is 0 Å². The molecule has 0 atom stereocenters. The molecule has 2 aromatic heterocycles. The molecule has 0 aliphatic rings. The Morgan fingerprint density at radius 2 is 2.22 bits per heavy atom. The van der Waals surface area contributed by atoms with Crippen molar-refractivity contribution >= 4 is 17.3 Å².